The van der Waals surface area contributed by atoms with Crippen LogP contribution in [0.2, 0.25) is 0 Å². The summed E-state index contributed by atoms with van der Waals surface area (Å²) in [5.74, 6) is -1.18. The summed E-state index contributed by atoms with van der Waals surface area (Å²) >= 11 is 0. The molecular weight excluding hydrogens is 567 g/mol. The minimum Gasteiger partial charge on any atom is -0.353 e. The zero-order valence-corrected chi connectivity index (χ0v) is 26.4. The van der Waals surface area contributed by atoms with Crippen LogP contribution in [-0.4, -0.2) is 60.5 Å². The minimum absolute atomic E-state index is 0.0791. The van der Waals surface area contributed by atoms with E-state index in [9.17, 15) is 18.0 Å². The van der Waals surface area contributed by atoms with Gasteiger partial charge in [-0.15, -0.1) is 6.58 Å². The van der Waals surface area contributed by atoms with Gasteiger partial charge in [-0.1, -0.05) is 25.1 Å². The van der Waals surface area contributed by atoms with Gasteiger partial charge < -0.3 is 15.5 Å². The molecule has 3 atom stereocenters. The van der Waals surface area contributed by atoms with E-state index in [1.807, 2.05) is 32.8 Å². The first-order chi connectivity index (χ1) is 20.3. The predicted octanol–water partition coefficient (Wildman–Crippen LogP) is 4.99. The third-order valence-corrected chi connectivity index (χ3v) is 11.4. The van der Waals surface area contributed by atoms with Crippen molar-refractivity contribution in [2.24, 2.45) is 11.8 Å². The highest BCUT2D eigenvalue weighted by Crippen LogP contribution is 2.49. The van der Waals surface area contributed by atoms with Gasteiger partial charge in [0.25, 0.3) is 5.91 Å². The molecule has 3 aromatic rings. The van der Waals surface area contributed by atoms with Crippen LogP contribution in [0, 0.1) is 24.6 Å². The largest absolute Gasteiger partial charge is 0.353 e. The lowest BCUT2D eigenvalue weighted by Crippen LogP contribution is -2.50. The van der Waals surface area contributed by atoms with Crippen molar-refractivity contribution in [2.45, 2.75) is 63.8 Å². The van der Waals surface area contributed by atoms with Gasteiger partial charge in [-0.3, -0.25) is 9.59 Å². The van der Waals surface area contributed by atoms with Crippen molar-refractivity contribution < 1.29 is 22.4 Å². The number of carbonyl (C=O) groups excluding carboxylic acids is 2. The van der Waals surface area contributed by atoms with Gasteiger partial charge in [-0.2, -0.15) is 0 Å². The number of nitrogens with zero attached hydrogens (tertiary/aromatic N) is 2. The molecule has 43 heavy (non-hydrogen) atoms. The number of amides is 2. The molecular formula is C33H41FN4O4S. The first-order valence-electron chi connectivity index (χ1n) is 14.8. The number of benzene rings is 2. The van der Waals surface area contributed by atoms with Crippen LogP contribution in [0.15, 0.2) is 49.2 Å². The van der Waals surface area contributed by atoms with Crippen molar-refractivity contribution in [2.75, 3.05) is 20.6 Å². The minimum atomic E-state index is -3.83. The maximum absolute atomic E-state index is 15.2. The topological polar surface area (TPSA) is 101 Å². The molecule has 2 fully saturated rings. The molecule has 2 amide bonds. The van der Waals surface area contributed by atoms with Crippen LogP contribution >= 0.6 is 0 Å². The summed E-state index contributed by atoms with van der Waals surface area (Å²) in [6.45, 7) is 10.1. The van der Waals surface area contributed by atoms with Gasteiger partial charge in [-0.25, -0.2) is 16.8 Å². The summed E-state index contributed by atoms with van der Waals surface area (Å²) < 4.78 is 43.5. The molecule has 1 aliphatic heterocycles. The van der Waals surface area contributed by atoms with Crippen LogP contribution in [-0.2, 0) is 21.4 Å². The van der Waals surface area contributed by atoms with Gasteiger partial charge in [0, 0.05) is 41.8 Å². The third kappa shape index (κ3) is 5.74. The van der Waals surface area contributed by atoms with Crippen molar-refractivity contribution in [3.8, 4) is 11.1 Å². The fourth-order valence-corrected chi connectivity index (χ4v) is 8.49. The Morgan fingerprint density at radius 2 is 1.93 bits per heavy atom. The van der Waals surface area contributed by atoms with Crippen LogP contribution in [0.25, 0.3) is 22.0 Å². The second kappa shape index (κ2) is 11.5. The highest BCUT2D eigenvalue weighted by atomic mass is 32.2. The number of hydrogen-bond acceptors (Lipinski definition) is 5. The molecule has 0 spiro atoms. The first-order valence-corrected chi connectivity index (χ1v) is 16.3. The molecule has 8 nitrogen and oxygen atoms in total. The number of rotatable bonds is 10. The van der Waals surface area contributed by atoms with Gasteiger partial charge in [0.1, 0.15) is 5.82 Å². The zero-order valence-electron chi connectivity index (χ0n) is 25.5. The molecule has 2 heterocycles. The molecule has 2 aromatic carbocycles. The number of aryl methyl sites for hydroxylation is 1. The molecule has 2 aliphatic rings. The van der Waals surface area contributed by atoms with Gasteiger partial charge in [0.2, 0.25) is 15.9 Å². The second-order valence-electron chi connectivity index (χ2n) is 12.7. The van der Waals surface area contributed by atoms with Crippen LogP contribution in [0.3, 0.4) is 0 Å². The van der Waals surface area contributed by atoms with E-state index in [1.165, 1.54) is 10.0 Å². The number of piperidine rings is 1. The standard InChI is InChI=1S/C33H41FN4O4S/c1-7-10-33(11-12-33)43(41,42)38-18-21(3)30-26(31(39)35-17-27-20(2)13-22(4)36-32(27)40)14-25(16-29(30)38)23-8-9-24(19-37(5)6)28(34)15-23/h7-9,14-16,18,20,22,27H,1,10-13,17,19H2,2-6H3,(H,35,39)(H,36,40). The van der Waals surface area contributed by atoms with E-state index in [4.69, 9.17) is 0 Å². The van der Waals surface area contributed by atoms with E-state index >= 15 is 4.39 Å². The summed E-state index contributed by atoms with van der Waals surface area (Å²) in [6, 6.07) is 8.41. The van der Waals surface area contributed by atoms with E-state index < -0.39 is 20.7 Å². The highest BCUT2D eigenvalue weighted by molar-refractivity contribution is 7.91. The fourth-order valence-electron chi connectivity index (χ4n) is 6.42. The lowest BCUT2D eigenvalue weighted by Gasteiger charge is -2.32. The summed E-state index contributed by atoms with van der Waals surface area (Å²) in [4.78, 5) is 28.4. The Labute approximate surface area is 253 Å². The van der Waals surface area contributed by atoms with Crippen LogP contribution in [0.5, 0.6) is 0 Å². The predicted molar refractivity (Wildman–Crippen MR) is 168 cm³/mol. The summed E-state index contributed by atoms with van der Waals surface area (Å²) in [5.41, 5.74) is 2.86. The molecule has 1 aliphatic carbocycles. The Morgan fingerprint density at radius 1 is 1.21 bits per heavy atom. The molecule has 10 heteroatoms. The number of aromatic nitrogens is 1. The Kier molecular flexibility index (Phi) is 8.30. The summed E-state index contributed by atoms with van der Waals surface area (Å²) in [6.07, 6.45) is 5.42. The maximum Gasteiger partial charge on any atom is 0.252 e. The molecule has 1 aromatic heterocycles. The van der Waals surface area contributed by atoms with Crippen molar-refractivity contribution in [3.05, 3.63) is 71.7 Å². The van der Waals surface area contributed by atoms with E-state index in [0.29, 0.717) is 59.0 Å². The van der Waals surface area contributed by atoms with E-state index in [1.54, 1.807) is 43.5 Å². The van der Waals surface area contributed by atoms with E-state index in [2.05, 4.69) is 17.2 Å². The fraction of sp³-hybridized carbons (Fsp3) is 0.455. The zero-order chi connectivity index (χ0) is 31.3. The number of carbonyl (C=O) groups is 2. The van der Waals surface area contributed by atoms with Crippen LogP contribution < -0.4 is 10.6 Å². The molecule has 0 bridgehead atoms. The lowest BCUT2D eigenvalue weighted by atomic mass is 9.84. The monoisotopic (exact) mass is 608 g/mol. The number of allylic oxidation sites excluding steroid dienone is 1. The van der Waals surface area contributed by atoms with Crippen molar-refractivity contribution in [3.63, 3.8) is 0 Å². The number of hydrogen-bond donors (Lipinski definition) is 2. The SMILES string of the molecule is C=CCC1(S(=O)(=O)n2cc(C)c3c(C(=O)NCC4C(=O)NC(C)CC4C)cc(-c4ccc(CN(C)C)c(F)c4)cc32)CC1. The smallest absolute Gasteiger partial charge is 0.252 e. The van der Waals surface area contributed by atoms with Crippen molar-refractivity contribution in [1.29, 1.82) is 0 Å². The Morgan fingerprint density at radius 3 is 2.53 bits per heavy atom. The third-order valence-electron chi connectivity index (χ3n) is 8.93. The van der Waals surface area contributed by atoms with Crippen LogP contribution in [0.4, 0.5) is 4.39 Å². The molecule has 5 rings (SSSR count). The van der Waals surface area contributed by atoms with E-state index in [0.717, 1.165) is 6.42 Å². The van der Waals surface area contributed by atoms with Crippen LogP contribution in [0.1, 0.15) is 61.0 Å². The maximum atomic E-state index is 15.2. The molecule has 3 unspecified atom stereocenters. The Balaban J connectivity index is 1.61. The van der Waals surface area contributed by atoms with Gasteiger partial charge in [0.05, 0.1) is 16.2 Å². The summed E-state index contributed by atoms with van der Waals surface area (Å²) in [5, 5.41) is 6.42. The molecule has 0 radical (unpaired) electrons. The van der Waals surface area contributed by atoms with Crippen molar-refractivity contribution >= 4 is 32.7 Å². The average Bonchev–Trinajstić information content (AvgIpc) is 3.65. The summed E-state index contributed by atoms with van der Waals surface area (Å²) in [7, 11) is -0.110. The van der Waals surface area contributed by atoms with Gasteiger partial charge >= 0.3 is 0 Å². The number of fused-ring (bicyclic) bond motifs is 1. The molecule has 1 saturated carbocycles. The average molecular weight is 609 g/mol. The van der Waals surface area contributed by atoms with E-state index in [-0.39, 0.29) is 41.7 Å². The molecule has 2 N–H and O–H groups in total. The number of halogens is 1. The molecule has 230 valence electrons. The lowest BCUT2D eigenvalue weighted by molar-refractivity contribution is -0.129. The normalized spacial score (nSPS) is 21.6. The number of nitrogens with one attached hydrogen (secondary N) is 2. The van der Waals surface area contributed by atoms with Crippen molar-refractivity contribution in [1.82, 2.24) is 19.5 Å². The first kappa shape index (κ1) is 30.9. The Hall–Kier alpha value is -3.50. The molecule has 1 saturated heterocycles. The van der Waals surface area contributed by atoms with Gasteiger partial charge in [-0.05, 0) is 94.4 Å². The Bertz CT molecular complexity index is 1710. The quantitative estimate of drug-likeness (QED) is 0.316. The second-order valence-corrected chi connectivity index (χ2v) is 14.9. The highest BCUT2D eigenvalue weighted by Gasteiger charge is 2.54. The van der Waals surface area contributed by atoms with Gasteiger partial charge in [0.15, 0.2) is 0 Å².